The van der Waals surface area contributed by atoms with Gasteiger partial charge in [0.1, 0.15) is 6.61 Å². The number of hydrogen-bond acceptors (Lipinski definition) is 6. The number of rotatable bonds is 18. The quantitative estimate of drug-likeness (QED) is 0.157. The third-order valence-corrected chi connectivity index (χ3v) is 6.53. The lowest BCUT2D eigenvalue weighted by atomic mass is 9.95. The van der Waals surface area contributed by atoms with Gasteiger partial charge in [-0.2, -0.15) is 0 Å². The first kappa shape index (κ1) is 30.3. The summed E-state index contributed by atoms with van der Waals surface area (Å²) in [5.41, 5.74) is 0.389. The predicted octanol–water partition coefficient (Wildman–Crippen LogP) is 3.59. The summed E-state index contributed by atoms with van der Waals surface area (Å²) in [5.74, 6) is -1.61. The van der Waals surface area contributed by atoms with Crippen molar-refractivity contribution >= 4 is 17.8 Å². The van der Waals surface area contributed by atoms with Gasteiger partial charge >= 0.3 is 5.97 Å². The van der Waals surface area contributed by atoms with Crippen LogP contribution >= 0.6 is 0 Å². The number of benzene rings is 1. The van der Waals surface area contributed by atoms with Crippen LogP contribution in [0.4, 0.5) is 0 Å². The molecule has 0 bridgehead atoms. The number of ether oxygens (including phenoxy) is 2. The topological polar surface area (TPSA) is 114 Å². The van der Waals surface area contributed by atoms with Crippen molar-refractivity contribution < 1.29 is 29.0 Å². The molecule has 2 rings (SSSR count). The predicted molar refractivity (Wildman–Crippen MR) is 142 cm³/mol. The zero-order chi connectivity index (χ0) is 26.9. The number of allylic oxidation sites excluding steroid dienone is 2. The van der Waals surface area contributed by atoms with Crippen molar-refractivity contribution in [2.24, 2.45) is 5.92 Å². The SMILES string of the molecule is C=CCCCC(=O)OC[C@H](COCc1ccccc1)NC(=O)[C@H](CC=C)CC(=O)NC1(CO)CCCC1. The first-order valence-corrected chi connectivity index (χ1v) is 13.1. The number of amides is 2. The molecule has 2 amide bonds. The fourth-order valence-electron chi connectivity index (χ4n) is 4.43. The van der Waals surface area contributed by atoms with Crippen LogP contribution in [0.5, 0.6) is 0 Å². The summed E-state index contributed by atoms with van der Waals surface area (Å²) in [6, 6.07) is 9.06. The minimum Gasteiger partial charge on any atom is -0.463 e. The highest BCUT2D eigenvalue weighted by molar-refractivity contribution is 5.86. The van der Waals surface area contributed by atoms with Crippen molar-refractivity contribution in [2.75, 3.05) is 19.8 Å². The minimum absolute atomic E-state index is 0.0292. The number of carbonyl (C=O) groups is 3. The number of hydrogen-bond donors (Lipinski definition) is 3. The van der Waals surface area contributed by atoms with E-state index in [1.807, 2.05) is 30.3 Å². The summed E-state index contributed by atoms with van der Waals surface area (Å²) in [6.07, 6.45) is 8.64. The third-order valence-electron chi connectivity index (χ3n) is 6.53. The third kappa shape index (κ3) is 11.3. The highest BCUT2D eigenvalue weighted by Crippen LogP contribution is 2.29. The molecule has 204 valence electrons. The Kier molecular flexibility index (Phi) is 13.7. The largest absolute Gasteiger partial charge is 0.463 e. The molecule has 37 heavy (non-hydrogen) atoms. The van der Waals surface area contributed by atoms with Crippen molar-refractivity contribution in [1.29, 1.82) is 0 Å². The van der Waals surface area contributed by atoms with Crippen LogP contribution in [-0.4, -0.2) is 54.3 Å². The summed E-state index contributed by atoms with van der Waals surface area (Å²) in [7, 11) is 0. The molecule has 2 atom stereocenters. The Morgan fingerprint density at radius 1 is 1.08 bits per heavy atom. The van der Waals surface area contributed by atoms with E-state index in [-0.39, 0.29) is 50.4 Å². The Hall–Kier alpha value is -2.97. The molecule has 0 aliphatic heterocycles. The lowest BCUT2D eigenvalue weighted by Gasteiger charge is -2.29. The van der Waals surface area contributed by atoms with Crippen LogP contribution in [0.2, 0.25) is 0 Å². The molecule has 0 unspecified atom stereocenters. The lowest BCUT2D eigenvalue weighted by Crippen LogP contribution is -2.50. The van der Waals surface area contributed by atoms with Gasteiger partial charge in [0, 0.05) is 12.8 Å². The zero-order valence-corrected chi connectivity index (χ0v) is 21.8. The first-order valence-electron chi connectivity index (χ1n) is 13.1. The molecular weight excluding hydrogens is 472 g/mol. The Labute approximate surface area is 220 Å². The summed E-state index contributed by atoms with van der Waals surface area (Å²) in [6.45, 7) is 7.72. The molecule has 0 heterocycles. The van der Waals surface area contributed by atoms with E-state index in [1.165, 1.54) is 0 Å². The standard InChI is InChI=1S/C29H42N2O6/c1-3-5-7-15-27(34)37-21-25(20-36-19-23-13-8-6-9-14-23)30-28(35)24(12-4-2)18-26(33)31-29(22-32)16-10-11-17-29/h3-4,6,8-9,13-14,24-25,32H,1-2,5,7,10-12,15-22H2,(H,30,35)(H,31,33)/t24-,25+/m1/s1. The fourth-order valence-corrected chi connectivity index (χ4v) is 4.43. The summed E-state index contributed by atoms with van der Waals surface area (Å²) in [5, 5.41) is 15.6. The van der Waals surface area contributed by atoms with E-state index >= 15 is 0 Å². The van der Waals surface area contributed by atoms with E-state index in [9.17, 15) is 19.5 Å². The number of aliphatic hydroxyl groups is 1. The van der Waals surface area contributed by atoms with Crippen LogP contribution in [0.1, 0.15) is 63.4 Å². The molecule has 1 fully saturated rings. The molecule has 1 aliphatic rings. The van der Waals surface area contributed by atoms with E-state index in [4.69, 9.17) is 9.47 Å². The average Bonchev–Trinajstić information content (AvgIpc) is 3.36. The monoisotopic (exact) mass is 514 g/mol. The maximum Gasteiger partial charge on any atom is 0.305 e. The van der Waals surface area contributed by atoms with Crippen molar-refractivity contribution in [3.63, 3.8) is 0 Å². The smallest absolute Gasteiger partial charge is 0.305 e. The maximum atomic E-state index is 13.2. The molecule has 0 saturated heterocycles. The van der Waals surface area contributed by atoms with Crippen molar-refractivity contribution in [1.82, 2.24) is 10.6 Å². The molecule has 8 nitrogen and oxygen atoms in total. The van der Waals surface area contributed by atoms with Gasteiger partial charge < -0.3 is 25.2 Å². The second-order valence-electron chi connectivity index (χ2n) is 9.69. The Morgan fingerprint density at radius 2 is 1.81 bits per heavy atom. The van der Waals surface area contributed by atoms with Gasteiger partial charge in [0.2, 0.25) is 11.8 Å². The molecule has 8 heteroatoms. The number of esters is 1. The van der Waals surface area contributed by atoms with Crippen LogP contribution in [0.25, 0.3) is 0 Å². The summed E-state index contributed by atoms with van der Waals surface area (Å²) < 4.78 is 11.2. The van der Waals surface area contributed by atoms with E-state index in [1.54, 1.807) is 12.2 Å². The molecule has 0 spiro atoms. The molecule has 3 N–H and O–H groups in total. The van der Waals surface area contributed by atoms with Gasteiger partial charge in [0.05, 0.1) is 37.3 Å². The number of carbonyl (C=O) groups excluding carboxylic acids is 3. The van der Waals surface area contributed by atoms with Gasteiger partial charge in [-0.15, -0.1) is 13.2 Å². The zero-order valence-electron chi connectivity index (χ0n) is 21.8. The van der Waals surface area contributed by atoms with E-state index in [2.05, 4.69) is 23.8 Å². The van der Waals surface area contributed by atoms with E-state index in [0.717, 1.165) is 37.7 Å². The Morgan fingerprint density at radius 3 is 2.46 bits per heavy atom. The second-order valence-corrected chi connectivity index (χ2v) is 9.69. The fraction of sp³-hybridized carbons (Fsp3) is 0.552. The van der Waals surface area contributed by atoms with Gasteiger partial charge in [-0.3, -0.25) is 14.4 Å². The molecule has 0 aromatic heterocycles. The Bertz CT molecular complexity index is 866. The molecule has 0 radical (unpaired) electrons. The molecule has 1 saturated carbocycles. The number of unbranched alkanes of at least 4 members (excludes halogenated alkanes) is 1. The van der Waals surface area contributed by atoms with Gasteiger partial charge in [-0.25, -0.2) is 0 Å². The molecule has 1 aromatic rings. The van der Waals surface area contributed by atoms with Crippen LogP contribution in [0, 0.1) is 5.92 Å². The molecular formula is C29H42N2O6. The first-order chi connectivity index (χ1) is 17.9. The van der Waals surface area contributed by atoms with Crippen LogP contribution < -0.4 is 10.6 Å². The highest BCUT2D eigenvalue weighted by atomic mass is 16.5. The van der Waals surface area contributed by atoms with Gasteiger partial charge in [0.15, 0.2) is 0 Å². The molecule has 1 aromatic carbocycles. The number of aliphatic hydroxyl groups excluding tert-OH is 1. The summed E-state index contributed by atoms with van der Waals surface area (Å²) in [4.78, 5) is 38.0. The van der Waals surface area contributed by atoms with Crippen molar-refractivity contribution in [3.8, 4) is 0 Å². The number of nitrogens with one attached hydrogen (secondary N) is 2. The van der Waals surface area contributed by atoms with Crippen molar-refractivity contribution in [3.05, 3.63) is 61.2 Å². The van der Waals surface area contributed by atoms with E-state index in [0.29, 0.717) is 19.4 Å². The lowest BCUT2D eigenvalue weighted by molar-refractivity contribution is -0.146. The normalized spacial score (nSPS) is 15.8. The van der Waals surface area contributed by atoms with Gasteiger partial charge in [-0.1, -0.05) is 55.3 Å². The maximum absolute atomic E-state index is 13.2. The summed E-state index contributed by atoms with van der Waals surface area (Å²) >= 11 is 0. The van der Waals surface area contributed by atoms with E-state index < -0.39 is 17.5 Å². The minimum atomic E-state index is -0.644. The van der Waals surface area contributed by atoms with Crippen LogP contribution in [-0.2, 0) is 30.5 Å². The van der Waals surface area contributed by atoms with Gasteiger partial charge in [-0.05, 0) is 37.7 Å². The second kappa shape index (κ2) is 16.7. The molecule has 1 aliphatic carbocycles. The Balaban J connectivity index is 1.96. The van der Waals surface area contributed by atoms with Crippen LogP contribution in [0.3, 0.4) is 0 Å². The van der Waals surface area contributed by atoms with Crippen LogP contribution in [0.15, 0.2) is 55.6 Å². The average molecular weight is 515 g/mol. The van der Waals surface area contributed by atoms with Gasteiger partial charge in [0.25, 0.3) is 0 Å². The highest BCUT2D eigenvalue weighted by Gasteiger charge is 2.35. The van der Waals surface area contributed by atoms with Crippen molar-refractivity contribution in [2.45, 2.75) is 76.0 Å².